The highest BCUT2D eigenvalue weighted by atomic mass is 32.2. The Hall–Kier alpha value is -2.55. The molecule has 0 atom stereocenters. The highest BCUT2D eigenvalue weighted by Gasteiger charge is 2.28. The molecule has 0 bridgehead atoms. The summed E-state index contributed by atoms with van der Waals surface area (Å²) in [4.78, 5) is 6.44. The average Bonchev–Trinajstić information content (AvgIpc) is 3.16. The van der Waals surface area contributed by atoms with E-state index in [0.717, 1.165) is 18.7 Å². The summed E-state index contributed by atoms with van der Waals surface area (Å²) in [5.41, 5.74) is 2.35. The van der Waals surface area contributed by atoms with Gasteiger partial charge in [0.2, 0.25) is 10.0 Å². The van der Waals surface area contributed by atoms with Gasteiger partial charge in [0.1, 0.15) is 4.90 Å². The zero-order valence-corrected chi connectivity index (χ0v) is 16.4. The molecule has 28 heavy (non-hydrogen) atoms. The van der Waals surface area contributed by atoms with Crippen LogP contribution in [0, 0.1) is 0 Å². The maximum Gasteiger partial charge on any atom is 0.244 e. The number of piperazine rings is 1. The predicted octanol–water partition coefficient (Wildman–Crippen LogP) is 1.83. The Labute approximate surface area is 165 Å². The molecule has 0 unspecified atom stereocenters. The minimum atomic E-state index is -3.46. The molecule has 0 spiro atoms. The van der Waals surface area contributed by atoms with Crippen LogP contribution >= 0.6 is 0 Å². The molecule has 2 aromatic heterocycles. The first-order valence-corrected chi connectivity index (χ1v) is 10.7. The Kier molecular flexibility index (Phi) is 5.52. The minimum Gasteiger partial charge on any atom is -0.296 e. The molecule has 1 aromatic carbocycles. The molecule has 146 valence electrons. The van der Waals surface area contributed by atoms with Crippen molar-refractivity contribution in [3.8, 4) is 0 Å². The summed E-state index contributed by atoms with van der Waals surface area (Å²) in [5.74, 6) is 0. The second-order valence-corrected chi connectivity index (χ2v) is 8.84. The highest BCUT2D eigenvalue weighted by molar-refractivity contribution is 7.89. The molecule has 0 amide bonds. The fourth-order valence-corrected chi connectivity index (χ4v) is 4.77. The molecule has 4 rings (SSSR count). The first-order chi connectivity index (χ1) is 13.6. The van der Waals surface area contributed by atoms with Gasteiger partial charge in [0.15, 0.2) is 0 Å². The maximum atomic E-state index is 12.7. The van der Waals surface area contributed by atoms with Crippen LogP contribution in [0.25, 0.3) is 0 Å². The van der Waals surface area contributed by atoms with Gasteiger partial charge in [-0.15, -0.1) is 0 Å². The number of sulfonamides is 1. The van der Waals surface area contributed by atoms with E-state index in [1.54, 1.807) is 22.6 Å². The van der Waals surface area contributed by atoms with E-state index in [2.05, 4.69) is 33.3 Å². The Balaban J connectivity index is 1.33. The lowest BCUT2D eigenvalue weighted by atomic mass is 10.2. The first-order valence-electron chi connectivity index (χ1n) is 9.29. The lowest BCUT2D eigenvalue weighted by molar-refractivity contribution is 0.181. The summed E-state index contributed by atoms with van der Waals surface area (Å²) in [6.45, 7) is 3.88. The third-order valence-corrected chi connectivity index (χ3v) is 6.77. The van der Waals surface area contributed by atoms with Crippen molar-refractivity contribution in [1.29, 1.82) is 0 Å². The maximum absolute atomic E-state index is 12.7. The molecule has 0 aliphatic carbocycles. The molecule has 1 aliphatic rings. The molecule has 1 aliphatic heterocycles. The second-order valence-electron chi connectivity index (χ2n) is 6.90. The molecule has 1 saturated heterocycles. The van der Waals surface area contributed by atoms with Crippen molar-refractivity contribution in [2.75, 3.05) is 26.2 Å². The number of rotatable bonds is 6. The molecule has 1 fully saturated rings. The number of pyridine rings is 1. The van der Waals surface area contributed by atoms with Crippen molar-refractivity contribution in [2.45, 2.75) is 18.0 Å². The van der Waals surface area contributed by atoms with Gasteiger partial charge in [-0.05, 0) is 17.7 Å². The van der Waals surface area contributed by atoms with E-state index in [1.807, 2.05) is 29.1 Å². The van der Waals surface area contributed by atoms with Gasteiger partial charge in [-0.2, -0.15) is 9.40 Å². The van der Waals surface area contributed by atoms with Gasteiger partial charge in [0, 0.05) is 56.9 Å². The van der Waals surface area contributed by atoms with Crippen molar-refractivity contribution >= 4 is 10.0 Å². The molecular formula is C20H23N5O2S. The monoisotopic (exact) mass is 397 g/mol. The van der Waals surface area contributed by atoms with Crippen LogP contribution in [0.2, 0.25) is 0 Å². The quantitative estimate of drug-likeness (QED) is 0.635. The van der Waals surface area contributed by atoms with Crippen LogP contribution in [0.4, 0.5) is 0 Å². The summed E-state index contributed by atoms with van der Waals surface area (Å²) in [6, 6.07) is 13.5. The largest absolute Gasteiger partial charge is 0.296 e. The number of hydrogen-bond acceptors (Lipinski definition) is 5. The van der Waals surface area contributed by atoms with Crippen molar-refractivity contribution < 1.29 is 8.42 Å². The van der Waals surface area contributed by atoms with Gasteiger partial charge in [0.25, 0.3) is 0 Å². The van der Waals surface area contributed by atoms with Crippen LogP contribution in [0.15, 0.2) is 72.1 Å². The van der Waals surface area contributed by atoms with Gasteiger partial charge in [-0.25, -0.2) is 8.42 Å². The fourth-order valence-electron chi connectivity index (χ4n) is 3.38. The normalized spacial score (nSPS) is 16.3. The molecule has 0 N–H and O–H groups in total. The van der Waals surface area contributed by atoms with E-state index >= 15 is 0 Å². The molecular weight excluding hydrogens is 374 g/mol. The molecule has 7 nitrogen and oxygen atoms in total. The van der Waals surface area contributed by atoms with Crippen LogP contribution in [0.1, 0.15) is 11.1 Å². The summed E-state index contributed by atoms with van der Waals surface area (Å²) in [7, 11) is -3.46. The van der Waals surface area contributed by atoms with Gasteiger partial charge in [0.05, 0.1) is 12.7 Å². The summed E-state index contributed by atoms with van der Waals surface area (Å²) >= 11 is 0. The van der Waals surface area contributed by atoms with Crippen LogP contribution in [0.5, 0.6) is 0 Å². The number of benzene rings is 1. The first kappa shape index (κ1) is 18.8. The molecule has 8 heteroatoms. The third-order valence-electron chi connectivity index (χ3n) is 4.88. The minimum absolute atomic E-state index is 0.255. The van der Waals surface area contributed by atoms with Crippen LogP contribution < -0.4 is 0 Å². The van der Waals surface area contributed by atoms with Crippen molar-refractivity contribution in [2.24, 2.45) is 0 Å². The lowest BCUT2D eigenvalue weighted by Gasteiger charge is -2.33. The Bertz CT molecular complexity index is 997. The van der Waals surface area contributed by atoms with Gasteiger partial charge < -0.3 is 0 Å². The molecule has 0 radical (unpaired) electrons. The Morgan fingerprint density at radius 2 is 1.64 bits per heavy atom. The van der Waals surface area contributed by atoms with Crippen LogP contribution in [-0.4, -0.2) is 58.6 Å². The Morgan fingerprint density at radius 1 is 0.857 bits per heavy atom. The van der Waals surface area contributed by atoms with Crippen LogP contribution in [-0.2, 0) is 23.1 Å². The molecule has 0 saturated carbocycles. The third kappa shape index (κ3) is 4.30. The van der Waals surface area contributed by atoms with Crippen LogP contribution in [0.3, 0.4) is 0 Å². The lowest BCUT2D eigenvalue weighted by Crippen LogP contribution is -2.48. The van der Waals surface area contributed by atoms with E-state index in [0.29, 0.717) is 26.2 Å². The topological polar surface area (TPSA) is 71.3 Å². The van der Waals surface area contributed by atoms with E-state index < -0.39 is 10.0 Å². The zero-order chi connectivity index (χ0) is 19.4. The summed E-state index contributed by atoms with van der Waals surface area (Å²) in [5, 5.41) is 4.45. The van der Waals surface area contributed by atoms with Crippen molar-refractivity contribution in [3.05, 3.63) is 78.4 Å². The summed E-state index contributed by atoms with van der Waals surface area (Å²) < 4.78 is 28.8. The Morgan fingerprint density at radius 3 is 2.36 bits per heavy atom. The van der Waals surface area contributed by atoms with Crippen molar-refractivity contribution in [1.82, 2.24) is 24.0 Å². The molecule has 3 heterocycles. The van der Waals surface area contributed by atoms with Gasteiger partial charge in [-0.1, -0.05) is 30.3 Å². The smallest absolute Gasteiger partial charge is 0.244 e. The van der Waals surface area contributed by atoms with Gasteiger partial charge in [-0.3, -0.25) is 14.6 Å². The highest BCUT2D eigenvalue weighted by Crippen LogP contribution is 2.17. The van der Waals surface area contributed by atoms with Gasteiger partial charge >= 0.3 is 0 Å². The fraction of sp³-hybridized carbons (Fsp3) is 0.300. The average molecular weight is 398 g/mol. The van der Waals surface area contributed by atoms with E-state index in [-0.39, 0.29) is 4.90 Å². The number of aromatic nitrogens is 3. The standard InChI is InChI=1S/C20H23N5O2S/c26-28(27,20-7-4-8-21-14-20)25-11-9-23(10-12-25)15-19-13-22-24(17-19)16-18-5-2-1-3-6-18/h1-8,13-14,17H,9-12,15-16H2. The van der Waals surface area contributed by atoms with E-state index in [1.165, 1.54) is 11.8 Å². The number of hydrogen-bond donors (Lipinski definition) is 0. The second kappa shape index (κ2) is 8.22. The number of nitrogens with zero attached hydrogens (tertiary/aromatic N) is 5. The zero-order valence-electron chi connectivity index (χ0n) is 15.6. The predicted molar refractivity (Wildman–Crippen MR) is 106 cm³/mol. The SMILES string of the molecule is O=S(=O)(c1cccnc1)N1CCN(Cc2cnn(Cc3ccccc3)c2)CC1. The molecule has 3 aromatic rings. The van der Waals surface area contributed by atoms with Crippen molar-refractivity contribution in [3.63, 3.8) is 0 Å². The summed E-state index contributed by atoms with van der Waals surface area (Å²) in [6.07, 6.45) is 6.94. The van der Waals surface area contributed by atoms with E-state index in [4.69, 9.17) is 0 Å². The van der Waals surface area contributed by atoms with E-state index in [9.17, 15) is 8.42 Å².